The van der Waals surface area contributed by atoms with Crippen molar-refractivity contribution in [3.63, 3.8) is 0 Å². The summed E-state index contributed by atoms with van der Waals surface area (Å²) in [6, 6.07) is 0. The molecule has 1 aliphatic carbocycles. The van der Waals surface area contributed by atoms with Crippen LogP contribution in [-0.4, -0.2) is 8.16 Å². The molecule has 108 valence electrons. The zero-order chi connectivity index (χ0) is 13.5. The van der Waals surface area contributed by atoms with E-state index in [1.165, 1.54) is 64.2 Å². The van der Waals surface area contributed by atoms with E-state index >= 15 is 0 Å². The largest absolute Gasteiger partial charge is 0.159 e. The molecule has 1 aliphatic rings. The zero-order valence-electron chi connectivity index (χ0n) is 11.3. The topological polar surface area (TPSA) is 0 Å². The van der Waals surface area contributed by atoms with Gasteiger partial charge in [0.25, 0.3) is 0 Å². The summed E-state index contributed by atoms with van der Waals surface area (Å²) >= 11 is 18.9. The zero-order valence-corrected chi connectivity index (χ0v) is 14.9. The first-order valence-corrected chi connectivity index (χ1v) is 9.14. The van der Waals surface area contributed by atoms with Gasteiger partial charge < -0.3 is 0 Å². The van der Waals surface area contributed by atoms with Crippen molar-refractivity contribution in [3.8, 4) is 0 Å². The fourth-order valence-electron chi connectivity index (χ4n) is 2.56. The van der Waals surface area contributed by atoms with Gasteiger partial charge in [0.1, 0.15) is 0 Å². The van der Waals surface area contributed by atoms with Crippen LogP contribution in [0.15, 0.2) is 0 Å². The molecule has 0 atom stereocenters. The molecule has 1 fully saturated rings. The highest BCUT2D eigenvalue weighted by Gasteiger charge is 2.40. The monoisotopic (exact) mass is 324 g/mol. The molecule has 0 spiro atoms. The first-order valence-electron chi connectivity index (χ1n) is 7.35. The van der Waals surface area contributed by atoms with Crippen LogP contribution in [0, 0.1) is 0 Å². The van der Waals surface area contributed by atoms with Crippen LogP contribution in [0.4, 0.5) is 0 Å². The summed E-state index contributed by atoms with van der Waals surface area (Å²) in [7, 11) is 0. The van der Waals surface area contributed by atoms with Gasteiger partial charge in [-0.1, -0.05) is 64.2 Å². The van der Waals surface area contributed by atoms with Gasteiger partial charge in [0, 0.05) is 0 Å². The Morgan fingerprint density at radius 3 is 0.889 bits per heavy atom. The molecule has 1 saturated carbocycles. The molecule has 0 unspecified atom stereocenters. The van der Waals surface area contributed by atoms with E-state index in [1.807, 2.05) is 0 Å². The average molecular weight is 325 g/mol. The molecule has 0 aromatic rings. The van der Waals surface area contributed by atoms with Crippen LogP contribution in [0.25, 0.3) is 0 Å². The minimum Gasteiger partial charge on any atom is -0.159 e. The summed E-state index contributed by atoms with van der Waals surface area (Å²) in [5.41, 5.74) is 0. The second-order valence-corrected chi connectivity index (χ2v) is 9.43. The Kier molecular flexibility index (Phi) is 8.37. The average Bonchev–Trinajstić information content (AvgIpc) is 2.29. The molecule has 0 heterocycles. The fourth-order valence-corrected chi connectivity index (χ4v) is 3.64. The Morgan fingerprint density at radius 1 is 0.389 bits per heavy atom. The maximum Gasteiger partial charge on any atom is 0.0784 e. The molecular weight excluding hydrogens is 296 g/mol. The van der Waals surface area contributed by atoms with Crippen molar-refractivity contribution in [1.82, 2.24) is 0 Å². The Balaban J connectivity index is 2.48. The normalized spacial score (nSPS) is 27.3. The standard InChI is InChI=1S/C14H28S4/c15-13(16)11-9-7-5-3-1-2-4-6-8-10-12-14(13,17)18/h15-18H,1-12H2. The third-order valence-electron chi connectivity index (χ3n) is 3.94. The minimum absolute atomic E-state index is 0.372. The highest BCUT2D eigenvalue weighted by atomic mass is 32.2. The summed E-state index contributed by atoms with van der Waals surface area (Å²) < 4.78 is -0.743. The first-order chi connectivity index (χ1) is 8.46. The Bertz CT molecular complexity index is 202. The van der Waals surface area contributed by atoms with E-state index in [-0.39, 0.29) is 8.16 Å². The van der Waals surface area contributed by atoms with E-state index < -0.39 is 0 Å². The van der Waals surface area contributed by atoms with Crippen molar-refractivity contribution in [2.75, 3.05) is 0 Å². The van der Waals surface area contributed by atoms with Crippen LogP contribution in [-0.2, 0) is 0 Å². The summed E-state index contributed by atoms with van der Waals surface area (Å²) in [6.07, 6.45) is 15.3. The lowest BCUT2D eigenvalue weighted by Crippen LogP contribution is -2.36. The van der Waals surface area contributed by atoms with Crippen molar-refractivity contribution in [1.29, 1.82) is 0 Å². The molecule has 0 aliphatic heterocycles. The van der Waals surface area contributed by atoms with Gasteiger partial charge in [0.2, 0.25) is 0 Å². The summed E-state index contributed by atoms with van der Waals surface area (Å²) in [5, 5.41) is 0. The number of hydrogen-bond acceptors (Lipinski definition) is 4. The Morgan fingerprint density at radius 2 is 0.611 bits per heavy atom. The van der Waals surface area contributed by atoms with E-state index in [1.54, 1.807) is 0 Å². The minimum atomic E-state index is -0.372. The van der Waals surface area contributed by atoms with Crippen LogP contribution in [0.1, 0.15) is 77.0 Å². The molecule has 18 heavy (non-hydrogen) atoms. The van der Waals surface area contributed by atoms with Crippen molar-refractivity contribution in [2.24, 2.45) is 0 Å². The fraction of sp³-hybridized carbons (Fsp3) is 1.00. The van der Waals surface area contributed by atoms with Crippen molar-refractivity contribution in [2.45, 2.75) is 85.2 Å². The summed E-state index contributed by atoms with van der Waals surface area (Å²) in [6.45, 7) is 0. The molecule has 4 heteroatoms. The number of hydrogen-bond donors (Lipinski definition) is 4. The van der Waals surface area contributed by atoms with Crippen LogP contribution >= 0.6 is 50.5 Å². The van der Waals surface area contributed by atoms with Gasteiger partial charge in [-0.2, -0.15) is 50.5 Å². The van der Waals surface area contributed by atoms with Crippen LogP contribution in [0.3, 0.4) is 0 Å². The lowest BCUT2D eigenvalue weighted by molar-refractivity contribution is 0.496. The maximum absolute atomic E-state index is 4.72. The molecule has 0 aromatic carbocycles. The quantitative estimate of drug-likeness (QED) is 0.314. The van der Waals surface area contributed by atoms with Crippen LogP contribution in [0.5, 0.6) is 0 Å². The van der Waals surface area contributed by atoms with E-state index in [0.717, 1.165) is 12.8 Å². The highest BCUT2D eigenvalue weighted by Crippen LogP contribution is 2.47. The molecule has 0 saturated heterocycles. The molecular formula is C14H28S4. The van der Waals surface area contributed by atoms with E-state index in [9.17, 15) is 0 Å². The van der Waals surface area contributed by atoms with Crippen LogP contribution in [0.2, 0.25) is 0 Å². The molecule has 0 aromatic heterocycles. The van der Waals surface area contributed by atoms with E-state index in [4.69, 9.17) is 50.5 Å². The third kappa shape index (κ3) is 6.23. The second kappa shape index (κ2) is 8.63. The maximum atomic E-state index is 4.72. The SMILES string of the molecule is SC1(S)CCCCCCCCCCCCC1(S)S. The molecule has 0 N–H and O–H groups in total. The van der Waals surface area contributed by atoms with Crippen molar-refractivity contribution in [3.05, 3.63) is 0 Å². The Hall–Kier alpha value is 1.40. The number of thiol groups is 4. The van der Waals surface area contributed by atoms with Gasteiger partial charge in [-0.3, -0.25) is 0 Å². The predicted molar refractivity (Wildman–Crippen MR) is 96.8 cm³/mol. The summed E-state index contributed by atoms with van der Waals surface area (Å²) in [4.78, 5) is 0. The van der Waals surface area contributed by atoms with Crippen molar-refractivity contribution >= 4 is 50.5 Å². The van der Waals surface area contributed by atoms with Gasteiger partial charge in [-0.05, 0) is 12.8 Å². The van der Waals surface area contributed by atoms with Gasteiger partial charge in [-0.15, -0.1) is 0 Å². The molecule has 0 nitrogen and oxygen atoms in total. The number of rotatable bonds is 0. The molecule has 0 amide bonds. The van der Waals surface area contributed by atoms with Gasteiger partial charge in [-0.25, -0.2) is 0 Å². The van der Waals surface area contributed by atoms with Gasteiger partial charge in [0.05, 0.1) is 8.16 Å². The Labute approximate surface area is 135 Å². The molecule has 0 bridgehead atoms. The lowest BCUT2D eigenvalue weighted by atomic mass is 10.00. The molecule has 0 radical (unpaired) electrons. The smallest absolute Gasteiger partial charge is 0.0784 e. The van der Waals surface area contributed by atoms with E-state index in [0.29, 0.717) is 0 Å². The highest BCUT2D eigenvalue weighted by molar-refractivity contribution is 8.08. The second-order valence-electron chi connectivity index (χ2n) is 5.67. The van der Waals surface area contributed by atoms with Crippen molar-refractivity contribution < 1.29 is 0 Å². The van der Waals surface area contributed by atoms with Crippen LogP contribution < -0.4 is 0 Å². The van der Waals surface area contributed by atoms with Gasteiger partial charge in [0.15, 0.2) is 0 Å². The van der Waals surface area contributed by atoms with Gasteiger partial charge >= 0.3 is 0 Å². The predicted octanol–water partition coefficient (Wildman–Crippen LogP) is 5.79. The van der Waals surface area contributed by atoms with E-state index in [2.05, 4.69) is 0 Å². The molecule has 1 rings (SSSR count). The summed E-state index contributed by atoms with van der Waals surface area (Å²) in [5.74, 6) is 0. The third-order valence-corrected chi connectivity index (χ3v) is 7.07. The first kappa shape index (κ1) is 17.5. The lowest BCUT2D eigenvalue weighted by Gasteiger charge is -2.38.